The Labute approximate surface area is 158 Å². The normalized spacial score (nSPS) is 16.0. The number of thiazole rings is 1. The third kappa shape index (κ3) is 4.22. The molecule has 0 radical (unpaired) electrons. The van der Waals surface area contributed by atoms with Crippen molar-refractivity contribution in [1.82, 2.24) is 4.98 Å². The Bertz CT molecular complexity index is 809. The second-order valence-corrected chi connectivity index (χ2v) is 7.86. The maximum atomic E-state index is 5.34. The molecule has 6 nitrogen and oxygen atoms in total. The van der Waals surface area contributed by atoms with Crippen LogP contribution < -0.4 is 16.4 Å². The highest BCUT2D eigenvalue weighted by Gasteiger charge is 2.17. The number of anilines is 1. The summed E-state index contributed by atoms with van der Waals surface area (Å²) in [7, 11) is 0. The number of nitrogens with zero attached hydrogens (tertiary/aromatic N) is 4. The van der Waals surface area contributed by atoms with Crippen molar-refractivity contribution in [3.8, 4) is 10.6 Å². The minimum Gasteiger partial charge on any atom is -0.372 e. The van der Waals surface area contributed by atoms with Gasteiger partial charge in [0.15, 0.2) is 0 Å². The third-order valence-electron chi connectivity index (χ3n) is 4.70. The number of piperidine rings is 1. The van der Waals surface area contributed by atoms with Crippen molar-refractivity contribution in [2.45, 2.75) is 33.6 Å². The van der Waals surface area contributed by atoms with Crippen molar-refractivity contribution in [3.05, 3.63) is 34.8 Å². The van der Waals surface area contributed by atoms with Gasteiger partial charge < -0.3 is 16.4 Å². The highest BCUT2D eigenvalue weighted by atomic mass is 32.1. The summed E-state index contributed by atoms with van der Waals surface area (Å²) < 4.78 is 0. The molecule has 2 heterocycles. The molecule has 1 fully saturated rings. The van der Waals surface area contributed by atoms with Crippen LogP contribution in [0.3, 0.4) is 0 Å². The van der Waals surface area contributed by atoms with Crippen LogP contribution in [0.4, 0.5) is 5.69 Å². The van der Waals surface area contributed by atoms with Crippen LogP contribution in [0, 0.1) is 12.8 Å². The molecule has 2 aromatic rings. The first-order chi connectivity index (χ1) is 12.4. The fourth-order valence-corrected chi connectivity index (χ4v) is 4.13. The van der Waals surface area contributed by atoms with E-state index in [4.69, 9.17) is 16.5 Å². The van der Waals surface area contributed by atoms with Crippen LogP contribution in [0.2, 0.25) is 0 Å². The minimum atomic E-state index is -0.0468. The predicted octanol–water partition coefficient (Wildman–Crippen LogP) is 3.35. The number of hydrogen-bond acceptors (Lipinski definition) is 5. The Morgan fingerprint density at radius 2 is 1.81 bits per heavy atom. The van der Waals surface area contributed by atoms with Gasteiger partial charge in [-0.15, -0.1) is 16.4 Å². The van der Waals surface area contributed by atoms with Crippen molar-refractivity contribution in [2.75, 3.05) is 18.0 Å². The van der Waals surface area contributed by atoms with Gasteiger partial charge in [-0.3, -0.25) is 0 Å². The first-order valence-electron chi connectivity index (χ1n) is 8.90. The van der Waals surface area contributed by atoms with Crippen molar-refractivity contribution in [3.63, 3.8) is 0 Å². The summed E-state index contributed by atoms with van der Waals surface area (Å²) in [6, 6.07) is 8.69. The summed E-state index contributed by atoms with van der Waals surface area (Å²) in [5, 5.41) is 8.77. The van der Waals surface area contributed by atoms with E-state index < -0.39 is 0 Å². The van der Waals surface area contributed by atoms with Gasteiger partial charge in [-0.1, -0.05) is 6.92 Å². The maximum Gasteiger partial charge on any atom is 0.211 e. The summed E-state index contributed by atoms with van der Waals surface area (Å²) >= 11 is 1.61. The van der Waals surface area contributed by atoms with Gasteiger partial charge in [0.05, 0.1) is 16.3 Å². The molecule has 0 amide bonds. The van der Waals surface area contributed by atoms with Gasteiger partial charge in [0, 0.05) is 24.3 Å². The lowest BCUT2D eigenvalue weighted by Gasteiger charge is -2.32. The van der Waals surface area contributed by atoms with E-state index in [2.05, 4.69) is 46.3 Å². The second-order valence-electron chi connectivity index (χ2n) is 6.86. The number of rotatable bonds is 4. The Hall–Kier alpha value is -2.41. The fraction of sp³-hybridized carbons (Fsp3) is 0.421. The molecule has 1 aliphatic rings. The summed E-state index contributed by atoms with van der Waals surface area (Å²) in [6.07, 6.45) is 2.54. The lowest BCUT2D eigenvalue weighted by molar-refractivity contribution is 0.438. The van der Waals surface area contributed by atoms with E-state index in [1.165, 1.54) is 18.5 Å². The summed E-state index contributed by atoms with van der Waals surface area (Å²) in [4.78, 5) is 8.16. The van der Waals surface area contributed by atoms with Gasteiger partial charge in [-0.25, -0.2) is 4.98 Å². The van der Waals surface area contributed by atoms with E-state index in [1.54, 1.807) is 11.3 Å². The van der Waals surface area contributed by atoms with Gasteiger partial charge in [0.25, 0.3) is 0 Å². The van der Waals surface area contributed by atoms with Gasteiger partial charge >= 0.3 is 0 Å². The molecule has 1 aliphatic heterocycles. The van der Waals surface area contributed by atoms with E-state index >= 15 is 0 Å². The first-order valence-corrected chi connectivity index (χ1v) is 9.72. The number of guanidine groups is 1. The Balaban J connectivity index is 1.79. The van der Waals surface area contributed by atoms with Crippen LogP contribution in [0.1, 0.15) is 37.3 Å². The molecule has 0 saturated carbocycles. The molecule has 1 aromatic carbocycles. The van der Waals surface area contributed by atoms with Crippen LogP contribution in [0.25, 0.3) is 10.6 Å². The highest BCUT2D eigenvalue weighted by Crippen LogP contribution is 2.31. The molecule has 1 aromatic heterocycles. The molecule has 0 atom stereocenters. The maximum absolute atomic E-state index is 5.34. The summed E-state index contributed by atoms with van der Waals surface area (Å²) in [5.74, 6) is 0.792. The minimum absolute atomic E-state index is 0.0468. The molecule has 0 aliphatic carbocycles. The number of nitrogens with two attached hydrogens (primary N) is 2. The average Bonchev–Trinajstić information content (AvgIpc) is 3.02. The van der Waals surface area contributed by atoms with Gasteiger partial charge in [-0.05, 0) is 56.9 Å². The van der Waals surface area contributed by atoms with Crippen LogP contribution in [-0.2, 0) is 0 Å². The highest BCUT2D eigenvalue weighted by molar-refractivity contribution is 7.17. The zero-order chi connectivity index (χ0) is 18.7. The molecular weight excluding hydrogens is 344 g/mol. The van der Waals surface area contributed by atoms with Gasteiger partial charge in [0.1, 0.15) is 5.01 Å². The molecule has 1 saturated heterocycles. The van der Waals surface area contributed by atoms with E-state index in [1.807, 2.05) is 13.8 Å². The topological polar surface area (TPSA) is 92.9 Å². The third-order valence-corrected chi connectivity index (χ3v) is 6.02. The van der Waals surface area contributed by atoms with E-state index in [-0.39, 0.29) is 5.96 Å². The Morgan fingerprint density at radius 1 is 1.15 bits per heavy atom. The van der Waals surface area contributed by atoms with Crippen LogP contribution >= 0.6 is 11.3 Å². The SMILES string of the molecule is C/C(=N\N=C(N)N)c1sc(-c2ccc(N3CCC(C)CC3)cc2)nc1C. The second kappa shape index (κ2) is 7.86. The standard InChI is InChI=1S/C19H26N6S/c1-12-8-10-25(11-9-12)16-6-4-15(5-7-16)18-22-13(2)17(26-18)14(3)23-24-19(20)21/h4-7,12H,8-11H2,1-3H3,(H4,20,21,24)/b23-14+. The smallest absolute Gasteiger partial charge is 0.211 e. The molecule has 26 heavy (non-hydrogen) atoms. The molecule has 0 spiro atoms. The van der Waals surface area contributed by atoms with E-state index in [0.29, 0.717) is 0 Å². The van der Waals surface area contributed by atoms with Crippen LogP contribution in [0.15, 0.2) is 34.5 Å². The van der Waals surface area contributed by atoms with Crippen molar-refractivity contribution in [2.24, 2.45) is 27.6 Å². The predicted molar refractivity (Wildman–Crippen MR) is 111 cm³/mol. The zero-order valence-corrected chi connectivity index (χ0v) is 16.4. The zero-order valence-electron chi connectivity index (χ0n) is 15.6. The number of aryl methyl sites for hydroxylation is 1. The molecular formula is C19H26N6S. The molecule has 3 rings (SSSR count). The molecule has 138 valence electrons. The summed E-state index contributed by atoms with van der Waals surface area (Å²) in [6.45, 7) is 8.48. The lowest BCUT2D eigenvalue weighted by Crippen LogP contribution is -2.32. The van der Waals surface area contributed by atoms with E-state index in [9.17, 15) is 0 Å². The molecule has 0 unspecified atom stereocenters. The van der Waals surface area contributed by atoms with Crippen molar-refractivity contribution < 1.29 is 0 Å². The molecule has 4 N–H and O–H groups in total. The molecule has 0 bridgehead atoms. The van der Waals surface area contributed by atoms with Crippen molar-refractivity contribution in [1.29, 1.82) is 0 Å². The average molecular weight is 371 g/mol. The lowest BCUT2D eigenvalue weighted by atomic mass is 9.99. The largest absolute Gasteiger partial charge is 0.372 e. The monoisotopic (exact) mass is 370 g/mol. The quantitative estimate of drug-likeness (QED) is 0.490. The van der Waals surface area contributed by atoms with Crippen molar-refractivity contribution >= 4 is 28.7 Å². The van der Waals surface area contributed by atoms with E-state index in [0.717, 1.165) is 45.9 Å². The first kappa shape index (κ1) is 18.4. The Kier molecular flexibility index (Phi) is 5.56. The fourth-order valence-electron chi connectivity index (χ4n) is 3.12. The van der Waals surface area contributed by atoms with Gasteiger partial charge in [-0.2, -0.15) is 5.10 Å². The number of hydrogen-bond donors (Lipinski definition) is 2. The molecule has 7 heteroatoms. The number of benzene rings is 1. The van der Waals surface area contributed by atoms with Crippen LogP contribution in [-0.4, -0.2) is 29.7 Å². The summed E-state index contributed by atoms with van der Waals surface area (Å²) in [5.41, 5.74) is 14.8. The van der Waals surface area contributed by atoms with Gasteiger partial charge in [0.2, 0.25) is 5.96 Å². The number of aromatic nitrogens is 1. The Morgan fingerprint density at radius 3 is 2.42 bits per heavy atom. The van der Waals surface area contributed by atoms with Crippen LogP contribution in [0.5, 0.6) is 0 Å².